The van der Waals surface area contributed by atoms with Gasteiger partial charge in [-0.1, -0.05) is 6.07 Å². The summed E-state index contributed by atoms with van der Waals surface area (Å²) in [5, 5.41) is 12.5. The number of aromatic carboxylic acids is 1. The minimum absolute atomic E-state index is 0.0536. The third-order valence-electron chi connectivity index (χ3n) is 3.08. The SMILES string of the molecule is Cc1cn2c(-n3ncc(C(=O)O)c3C(F)(F)F)cccc2n1. The minimum Gasteiger partial charge on any atom is -0.478 e. The fourth-order valence-corrected chi connectivity index (χ4v) is 2.24. The molecule has 0 aromatic carbocycles. The van der Waals surface area contributed by atoms with E-state index in [0.717, 1.165) is 0 Å². The zero-order valence-electron chi connectivity index (χ0n) is 11.2. The molecule has 0 spiro atoms. The Morgan fingerprint density at radius 1 is 1.32 bits per heavy atom. The number of alkyl halides is 3. The number of fused-ring (bicyclic) bond motifs is 1. The molecule has 0 atom stereocenters. The number of halogens is 3. The van der Waals surface area contributed by atoms with Crippen molar-refractivity contribution >= 4 is 11.6 Å². The first-order valence-electron chi connectivity index (χ1n) is 6.12. The molecule has 0 aliphatic carbocycles. The molecule has 0 fully saturated rings. The van der Waals surface area contributed by atoms with Gasteiger partial charge in [-0.2, -0.15) is 18.3 Å². The predicted octanol–water partition coefficient (Wildman–Crippen LogP) is 2.55. The van der Waals surface area contributed by atoms with E-state index in [1.165, 1.54) is 16.5 Å². The monoisotopic (exact) mass is 310 g/mol. The van der Waals surface area contributed by atoms with Crippen LogP contribution in [0.3, 0.4) is 0 Å². The quantitative estimate of drug-likeness (QED) is 0.789. The van der Waals surface area contributed by atoms with E-state index < -0.39 is 23.4 Å². The molecule has 22 heavy (non-hydrogen) atoms. The first-order valence-corrected chi connectivity index (χ1v) is 6.12. The van der Waals surface area contributed by atoms with Crippen LogP contribution >= 0.6 is 0 Å². The van der Waals surface area contributed by atoms with E-state index in [2.05, 4.69) is 10.1 Å². The van der Waals surface area contributed by atoms with Gasteiger partial charge >= 0.3 is 12.1 Å². The van der Waals surface area contributed by atoms with Crippen molar-refractivity contribution in [1.82, 2.24) is 19.2 Å². The Morgan fingerprint density at radius 3 is 2.68 bits per heavy atom. The summed E-state index contributed by atoms with van der Waals surface area (Å²) in [6.07, 6.45) is -2.62. The summed E-state index contributed by atoms with van der Waals surface area (Å²) in [4.78, 5) is 15.2. The highest BCUT2D eigenvalue weighted by Crippen LogP contribution is 2.33. The Labute approximate surface area is 121 Å². The fourth-order valence-electron chi connectivity index (χ4n) is 2.24. The summed E-state index contributed by atoms with van der Waals surface area (Å²) in [6.45, 7) is 1.70. The first-order chi connectivity index (χ1) is 10.3. The first kappa shape index (κ1) is 14.1. The van der Waals surface area contributed by atoms with Crippen molar-refractivity contribution in [2.24, 2.45) is 0 Å². The van der Waals surface area contributed by atoms with Crippen LogP contribution < -0.4 is 0 Å². The highest BCUT2D eigenvalue weighted by Gasteiger charge is 2.41. The summed E-state index contributed by atoms with van der Waals surface area (Å²) < 4.78 is 41.7. The molecule has 3 aromatic rings. The summed E-state index contributed by atoms with van der Waals surface area (Å²) in [5.74, 6) is -1.63. The molecule has 1 N–H and O–H groups in total. The minimum atomic E-state index is -4.86. The lowest BCUT2D eigenvalue weighted by molar-refractivity contribution is -0.143. The maximum absolute atomic E-state index is 13.2. The number of carbonyl (C=O) groups is 1. The summed E-state index contributed by atoms with van der Waals surface area (Å²) in [5.41, 5.74) is -1.18. The van der Waals surface area contributed by atoms with E-state index in [0.29, 0.717) is 22.2 Å². The van der Waals surface area contributed by atoms with Crippen LogP contribution in [0, 0.1) is 6.92 Å². The molecule has 6 nitrogen and oxygen atoms in total. The maximum Gasteiger partial charge on any atom is 0.434 e. The van der Waals surface area contributed by atoms with Crippen molar-refractivity contribution in [1.29, 1.82) is 0 Å². The van der Waals surface area contributed by atoms with Gasteiger partial charge < -0.3 is 5.11 Å². The molecule has 0 bridgehead atoms. The van der Waals surface area contributed by atoms with Crippen molar-refractivity contribution in [3.8, 4) is 5.82 Å². The number of imidazole rings is 1. The van der Waals surface area contributed by atoms with Crippen LogP contribution in [0.15, 0.2) is 30.6 Å². The molecule has 0 saturated carbocycles. The summed E-state index contributed by atoms with van der Waals surface area (Å²) >= 11 is 0. The molecule has 0 aliphatic heterocycles. The van der Waals surface area contributed by atoms with Gasteiger partial charge in [-0.05, 0) is 19.1 Å². The fraction of sp³-hybridized carbons (Fsp3) is 0.154. The molecule has 114 valence electrons. The molecule has 0 aliphatic rings. The molecular weight excluding hydrogens is 301 g/mol. The number of hydrogen-bond donors (Lipinski definition) is 1. The number of carboxylic acid groups (broad SMARTS) is 1. The lowest BCUT2D eigenvalue weighted by atomic mass is 10.2. The molecule has 0 radical (unpaired) electrons. The lowest BCUT2D eigenvalue weighted by Gasteiger charge is -2.12. The van der Waals surface area contributed by atoms with Crippen LogP contribution in [0.2, 0.25) is 0 Å². The Bertz CT molecular complexity index is 879. The smallest absolute Gasteiger partial charge is 0.434 e. The average Bonchev–Trinajstić information content (AvgIpc) is 2.99. The summed E-state index contributed by atoms with van der Waals surface area (Å²) in [6, 6.07) is 4.56. The van der Waals surface area contributed by atoms with E-state index in [1.807, 2.05) is 0 Å². The van der Waals surface area contributed by atoms with Crippen molar-refractivity contribution in [3.05, 3.63) is 47.5 Å². The largest absolute Gasteiger partial charge is 0.478 e. The lowest BCUT2D eigenvalue weighted by Crippen LogP contribution is -2.18. The average molecular weight is 310 g/mol. The van der Waals surface area contributed by atoms with Gasteiger partial charge in [0.25, 0.3) is 0 Å². The molecule has 3 heterocycles. The van der Waals surface area contributed by atoms with E-state index in [4.69, 9.17) is 5.11 Å². The summed E-state index contributed by atoms with van der Waals surface area (Å²) in [7, 11) is 0. The Morgan fingerprint density at radius 2 is 2.05 bits per heavy atom. The van der Waals surface area contributed by atoms with Crippen molar-refractivity contribution in [2.75, 3.05) is 0 Å². The number of aryl methyl sites for hydroxylation is 1. The Kier molecular flexibility index (Phi) is 2.94. The zero-order valence-corrected chi connectivity index (χ0v) is 11.2. The van der Waals surface area contributed by atoms with E-state index in [9.17, 15) is 18.0 Å². The second-order valence-corrected chi connectivity index (χ2v) is 4.62. The number of nitrogens with zero attached hydrogens (tertiary/aromatic N) is 4. The van der Waals surface area contributed by atoms with Gasteiger partial charge in [-0.15, -0.1) is 0 Å². The van der Waals surface area contributed by atoms with E-state index >= 15 is 0 Å². The van der Waals surface area contributed by atoms with Gasteiger partial charge in [0.1, 0.15) is 17.0 Å². The van der Waals surface area contributed by atoms with Crippen LogP contribution in [0.25, 0.3) is 11.5 Å². The maximum atomic E-state index is 13.2. The Hall–Kier alpha value is -2.84. The van der Waals surface area contributed by atoms with Gasteiger partial charge in [0, 0.05) is 6.20 Å². The van der Waals surface area contributed by atoms with Gasteiger partial charge in [0.2, 0.25) is 0 Å². The van der Waals surface area contributed by atoms with Gasteiger partial charge in [-0.3, -0.25) is 4.40 Å². The normalized spacial score (nSPS) is 12.0. The van der Waals surface area contributed by atoms with Crippen molar-refractivity contribution in [2.45, 2.75) is 13.1 Å². The molecular formula is C13H9F3N4O2. The molecule has 0 saturated heterocycles. The number of hydrogen-bond acceptors (Lipinski definition) is 3. The topological polar surface area (TPSA) is 72.4 Å². The highest BCUT2D eigenvalue weighted by atomic mass is 19.4. The second-order valence-electron chi connectivity index (χ2n) is 4.62. The van der Waals surface area contributed by atoms with Crippen LogP contribution in [-0.2, 0) is 6.18 Å². The standard InChI is InChI=1S/C13H9F3N4O2/c1-7-6-19-9(18-7)3-2-4-10(19)20-11(13(14,15)16)8(5-17-20)12(21)22/h2-6H,1H3,(H,21,22). The predicted molar refractivity (Wildman–Crippen MR) is 69.0 cm³/mol. The molecule has 9 heteroatoms. The van der Waals surface area contributed by atoms with Crippen LogP contribution in [-0.4, -0.2) is 30.2 Å². The zero-order chi connectivity index (χ0) is 16.1. The van der Waals surface area contributed by atoms with Gasteiger partial charge in [-0.25, -0.2) is 14.5 Å². The number of pyridine rings is 1. The van der Waals surface area contributed by atoms with Crippen LogP contribution in [0.1, 0.15) is 21.7 Å². The van der Waals surface area contributed by atoms with Crippen LogP contribution in [0.4, 0.5) is 13.2 Å². The number of aromatic nitrogens is 4. The molecule has 0 amide bonds. The van der Waals surface area contributed by atoms with Gasteiger partial charge in [0.15, 0.2) is 5.69 Å². The highest BCUT2D eigenvalue weighted by molar-refractivity contribution is 5.89. The van der Waals surface area contributed by atoms with Crippen LogP contribution in [0.5, 0.6) is 0 Å². The third-order valence-corrected chi connectivity index (χ3v) is 3.08. The molecule has 3 aromatic heterocycles. The molecule has 0 unspecified atom stereocenters. The Balaban J connectivity index is 2.34. The number of rotatable bonds is 2. The third kappa shape index (κ3) is 2.10. The van der Waals surface area contributed by atoms with E-state index in [1.54, 1.807) is 19.2 Å². The van der Waals surface area contributed by atoms with E-state index in [-0.39, 0.29) is 5.82 Å². The second kappa shape index (κ2) is 4.58. The van der Waals surface area contributed by atoms with Crippen molar-refractivity contribution in [3.63, 3.8) is 0 Å². The van der Waals surface area contributed by atoms with Gasteiger partial charge in [0.05, 0.1) is 11.9 Å². The van der Waals surface area contributed by atoms with Crippen molar-refractivity contribution < 1.29 is 23.1 Å². The molecule has 3 rings (SSSR count). The number of carboxylic acids is 1.